The van der Waals surface area contributed by atoms with Gasteiger partial charge >= 0.3 is 11.9 Å². The summed E-state index contributed by atoms with van der Waals surface area (Å²) >= 11 is 0. The smallest absolute Gasteiger partial charge is 0.339 e. The number of ether oxygens (including phenoxy) is 3. The van der Waals surface area contributed by atoms with Gasteiger partial charge in [0.2, 0.25) is 0 Å². The van der Waals surface area contributed by atoms with E-state index in [4.69, 9.17) is 14.2 Å². The van der Waals surface area contributed by atoms with Crippen LogP contribution in [-0.2, 0) is 41.4 Å². The quantitative estimate of drug-likeness (QED) is 0.0709. The SMILES string of the molecule is CCOC(=O)CO[C@@](CC)(C(=O)O)[C@@H](OCCCCCc1ccc2ccccc2c1)C(=O)NCCCCCc1ccc2ccccc2c1. The molecule has 4 rings (SSSR count). The Kier molecular flexibility index (Phi) is 14.4. The zero-order chi connectivity index (χ0) is 34.2. The highest BCUT2D eigenvalue weighted by Crippen LogP contribution is 2.26. The van der Waals surface area contributed by atoms with Crippen LogP contribution in [0, 0.1) is 0 Å². The van der Waals surface area contributed by atoms with Crippen molar-refractivity contribution in [2.75, 3.05) is 26.4 Å². The molecular weight excluding hydrogens is 606 g/mol. The number of benzene rings is 4. The largest absolute Gasteiger partial charge is 0.479 e. The van der Waals surface area contributed by atoms with Crippen molar-refractivity contribution in [2.45, 2.75) is 83.3 Å². The van der Waals surface area contributed by atoms with Crippen LogP contribution in [0.5, 0.6) is 0 Å². The summed E-state index contributed by atoms with van der Waals surface area (Å²) in [6.07, 6.45) is 5.33. The summed E-state index contributed by atoms with van der Waals surface area (Å²) in [7, 11) is 0. The van der Waals surface area contributed by atoms with E-state index in [-0.39, 0.29) is 19.6 Å². The first kappa shape index (κ1) is 36.6. The standard InChI is InChI=1S/C40H49NO7/c1-3-40(39(44)45,48-29-36(42)46-4-2)37(47-26-14-6-8-16-31-22-24-33-18-10-12-20-35(33)28-31)38(43)41-25-13-5-7-15-30-21-23-32-17-9-11-19-34(32)27-30/h9-12,17-24,27-28,37H,3-8,13-16,25-26,29H2,1-2H3,(H,41,43)(H,44,45)/t37-,40+/m0/s1. The summed E-state index contributed by atoms with van der Waals surface area (Å²) in [6.45, 7) is 3.36. The Morgan fingerprint density at radius 3 is 1.83 bits per heavy atom. The molecule has 0 radical (unpaired) electrons. The summed E-state index contributed by atoms with van der Waals surface area (Å²) in [6, 6.07) is 29.6. The van der Waals surface area contributed by atoms with Crippen LogP contribution in [0.4, 0.5) is 0 Å². The van der Waals surface area contributed by atoms with Crippen LogP contribution in [0.15, 0.2) is 84.9 Å². The molecule has 8 nitrogen and oxygen atoms in total. The highest BCUT2D eigenvalue weighted by Gasteiger charge is 2.51. The highest BCUT2D eigenvalue weighted by atomic mass is 16.6. The Bertz CT molecular complexity index is 1640. The molecule has 0 spiro atoms. The lowest BCUT2D eigenvalue weighted by molar-refractivity contribution is -0.198. The van der Waals surface area contributed by atoms with Crippen molar-refractivity contribution >= 4 is 39.4 Å². The molecule has 2 atom stereocenters. The van der Waals surface area contributed by atoms with Gasteiger partial charge in [-0.15, -0.1) is 0 Å². The number of esters is 1. The van der Waals surface area contributed by atoms with E-state index in [1.807, 2.05) is 24.3 Å². The molecule has 0 aliphatic carbocycles. The number of nitrogens with one attached hydrogen (secondary N) is 1. The molecule has 4 aromatic carbocycles. The van der Waals surface area contributed by atoms with E-state index in [0.717, 1.165) is 44.9 Å². The number of hydrogen-bond donors (Lipinski definition) is 2. The summed E-state index contributed by atoms with van der Waals surface area (Å²) < 4.78 is 16.6. The summed E-state index contributed by atoms with van der Waals surface area (Å²) in [4.78, 5) is 38.3. The molecule has 0 saturated carbocycles. The van der Waals surface area contributed by atoms with Crippen LogP contribution in [0.3, 0.4) is 0 Å². The van der Waals surface area contributed by atoms with Crippen LogP contribution in [0.1, 0.15) is 69.9 Å². The van der Waals surface area contributed by atoms with Gasteiger partial charge in [0.05, 0.1) is 6.61 Å². The number of carbonyl (C=O) groups is 3. The predicted octanol–water partition coefficient (Wildman–Crippen LogP) is 7.43. The molecule has 256 valence electrons. The van der Waals surface area contributed by atoms with E-state index in [9.17, 15) is 19.5 Å². The minimum absolute atomic E-state index is 0.0758. The minimum Gasteiger partial charge on any atom is -0.479 e. The van der Waals surface area contributed by atoms with E-state index < -0.39 is 36.2 Å². The van der Waals surface area contributed by atoms with Crippen LogP contribution < -0.4 is 5.32 Å². The number of amides is 1. The maximum atomic E-state index is 13.5. The van der Waals surface area contributed by atoms with Crippen molar-refractivity contribution in [3.8, 4) is 0 Å². The fourth-order valence-corrected chi connectivity index (χ4v) is 6.03. The van der Waals surface area contributed by atoms with Crippen molar-refractivity contribution in [2.24, 2.45) is 0 Å². The zero-order valence-electron chi connectivity index (χ0n) is 28.2. The predicted molar refractivity (Wildman–Crippen MR) is 189 cm³/mol. The first-order valence-electron chi connectivity index (χ1n) is 17.2. The number of fused-ring (bicyclic) bond motifs is 2. The Morgan fingerprint density at radius 1 is 0.729 bits per heavy atom. The monoisotopic (exact) mass is 655 g/mol. The van der Waals surface area contributed by atoms with Gasteiger partial charge in [0.25, 0.3) is 5.91 Å². The van der Waals surface area contributed by atoms with Crippen LogP contribution in [0.25, 0.3) is 21.5 Å². The Morgan fingerprint density at radius 2 is 1.29 bits per heavy atom. The average molecular weight is 656 g/mol. The van der Waals surface area contributed by atoms with Gasteiger partial charge in [-0.1, -0.05) is 105 Å². The number of aryl methyl sites for hydroxylation is 2. The van der Waals surface area contributed by atoms with E-state index >= 15 is 0 Å². The maximum Gasteiger partial charge on any atom is 0.339 e. The molecule has 1 amide bonds. The van der Waals surface area contributed by atoms with Crippen molar-refractivity contribution in [1.29, 1.82) is 0 Å². The van der Waals surface area contributed by atoms with Gasteiger partial charge in [0.15, 0.2) is 11.7 Å². The molecule has 0 fully saturated rings. The van der Waals surface area contributed by atoms with Gasteiger partial charge in [-0.3, -0.25) is 4.79 Å². The molecule has 2 N–H and O–H groups in total. The third kappa shape index (κ3) is 10.4. The molecule has 0 aliphatic heterocycles. The molecule has 0 heterocycles. The maximum absolute atomic E-state index is 13.5. The van der Waals surface area contributed by atoms with E-state index in [0.29, 0.717) is 13.0 Å². The lowest BCUT2D eigenvalue weighted by atomic mass is 9.92. The molecule has 48 heavy (non-hydrogen) atoms. The molecule has 0 aromatic heterocycles. The lowest BCUT2D eigenvalue weighted by Crippen LogP contribution is -2.59. The van der Waals surface area contributed by atoms with Gasteiger partial charge in [0, 0.05) is 13.2 Å². The van der Waals surface area contributed by atoms with Crippen molar-refractivity contribution in [3.63, 3.8) is 0 Å². The highest BCUT2D eigenvalue weighted by molar-refractivity contribution is 5.91. The van der Waals surface area contributed by atoms with Crippen LogP contribution in [0.2, 0.25) is 0 Å². The number of hydrogen-bond acceptors (Lipinski definition) is 6. The molecule has 8 heteroatoms. The summed E-state index contributed by atoms with van der Waals surface area (Å²) in [5, 5.41) is 18.1. The van der Waals surface area contributed by atoms with Crippen LogP contribution in [-0.4, -0.2) is 61.0 Å². The topological polar surface area (TPSA) is 111 Å². The number of carboxylic acids is 1. The number of rotatable bonds is 21. The zero-order valence-corrected chi connectivity index (χ0v) is 28.2. The number of aliphatic carboxylic acids is 1. The minimum atomic E-state index is -2.04. The van der Waals surface area contributed by atoms with Crippen molar-refractivity contribution in [3.05, 3.63) is 96.1 Å². The Hall–Kier alpha value is -4.27. The second kappa shape index (κ2) is 18.9. The lowest BCUT2D eigenvalue weighted by Gasteiger charge is -2.35. The molecule has 0 saturated heterocycles. The van der Waals surface area contributed by atoms with Gasteiger partial charge < -0.3 is 24.6 Å². The number of carboxylic acid groups (broad SMARTS) is 1. The summed E-state index contributed by atoms with van der Waals surface area (Å²) in [5.41, 5.74) is 0.488. The van der Waals surface area contributed by atoms with E-state index in [1.54, 1.807) is 13.8 Å². The molecule has 0 unspecified atom stereocenters. The Balaban J connectivity index is 1.29. The van der Waals surface area contributed by atoms with Gasteiger partial charge in [-0.05, 0) is 84.5 Å². The van der Waals surface area contributed by atoms with Crippen LogP contribution >= 0.6 is 0 Å². The molecule has 0 aliphatic rings. The van der Waals surface area contributed by atoms with Gasteiger partial charge in [-0.25, -0.2) is 9.59 Å². The summed E-state index contributed by atoms with van der Waals surface area (Å²) in [5.74, 6) is -2.62. The first-order valence-corrected chi connectivity index (χ1v) is 17.2. The normalized spacial score (nSPS) is 13.2. The van der Waals surface area contributed by atoms with E-state index in [1.165, 1.54) is 32.7 Å². The second-order valence-corrected chi connectivity index (χ2v) is 12.2. The third-order valence-corrected chi connectivity index (χ3v) is 8.77. The van der Waals surface area contributed by atoms with Crippen molar-refractivity contribution < 1.29 is 33.7 Å². The second-order valence-electron chi connectivity index (χ2n) is 12.2. The van der Waals surface area contributed by atoms with E-state index in [2.05, 4.69) is 66.0 Å². The number of carbonyl (C=O) groups excluding carboxylic acids is 2. The van der Waals surface area contributed by atoms with Gasteiger partial charge in [0.1, 0.15) is 6.61 Å². The fourth-order valence-electron chi connectivity index (χ4n) is 6.03. The molecular formula is C40H49NO7. The Labute approximate surface area is 283 Å². The first-order chi connectivity index (χ1) is 23.4. The third-order valence-electron chi connectivity index (χ3n) is 8.77. The molecule has 0 bridgehead atoms. The number of unbranched alkanes of at least 4 members (excludes halogenated alkanes) is 4. The average Bonchev–Trinajstić information content (AvgIpc) is 3.10. The molecule has 4 aromatic rings. The van der Waals surface area contributed by atoms with Gasteiger partial charge in [-0.2, -0.15) is 0 Å². The van der Waals surface area contributed by atoms with Crippen molar-refractivity contribution in [1.82, 2.24) is 5.32 Å². The fraction of sp³-hybridized carbons (Fsp3) is 0.425.